The summed E-state index contributed by atoms with van der Waals surface area (Å²) in [5.74, 6) is -0.764. The first-order chi connectivity index (χ1) is 6.20. The first-order valence-corrected chi connectivity index (χ1v) is 3.68. The predicted molar refractivity (Wildman–Crippen MR) is 49.1 cm³/mol. The summed E-state index contributed by atoms with van der Waals surface area (Å²) < 4.78 is 0. The first kappa shape index (κ1) is 16.0. The molecule has 0 saturated heterocycles. The van der Waals surface area contributed by atoms with E-state index in [9.17, 15) is 9.59 Å². The zero-order valence-electron chi connectivity index (χ0n) is 7.95. The van der Waals surface area contributed by atoms with Gasteiger partial charge in [0.05, 0.1) is 0 Å². The molecule has 1 aromatic rings. The third kappa shape index (κ3) is 5.79. The van der Waals surface area contributed by atoms with Crippen molar-refractivity contribution in [2.45, 2.75) is 6.92 Å². The van der Waals surface area contributed by atoms with Crippen molar-refractivity contribution in [2.24, 2.45) is 0 Å². The number of carbonyl (C=O) groups excluding carboxylic acids is 2. The Hall–Kier alpha value is -1.43. The Morgan fingerprint density at radius 3 is 2.40 bits per heavy atom. The Labute approximate surface area is 97.2 Å². The number of nitrogens with zero attached hydrogens (tertiary/aromatic N) is 1. The average molecular weight is 252 g/mol. The van der Waals surface area contributed by atoms with Crippen LogP contribution < -0.4 is 10.9 Å². The number of hydrogen-bond donors (Lipinski definition) is 2. The summed E-state index contributed by atoms with van der Waals surface area (Å²) in [6.45, 7) is 1.30. The Bertz CT molecular complexity index is 318. The molecule has 0 bridgehead atoms. The quantitative estimate of drug-likeness (QED) is 0.496. The van der Waals surface area contributed by atoms with E-state index in [0.29, 0.717) is 0 Å². The number of hydrazine groups is 1. The van der Waals surface area contributed by atoms with Gasteiger partial charge in [0.25, 0.3) is 5.91 Å². The van der Waals surface area contributed by atoms with Crippen LogP contribution in [0.4, 0.5) is 0 Å². The van der Waals surface area contributed by atoms with E-state index in [2.05, 4.69) is 15.8 Å². The molecule has 1 rings (SSSR count). The van der Waals surface area contributed by atoms with Gasteiger partial charge in [-0.05, 0) is 12.1 Å². The summed E-state index contributed by atoms with van der Waals surface area (Å²) in [7, 11) is 0. The largest absolute Gasteiger partial charge is 0.412 e. The van der Waals surface area contributed by atoms with Crippen LogP contribution >= 0.6 is 0 Å². The molecular weight excluding hydrogens is 241 g/mol. The fraction of sp³-hybridized carbons (Fsp3) is 0.125. The fourth-order valence-electron chi connectivity index (χ4n) is 0.706. The van der Waals surface area contributed by atoms with Crippen LogP contribution in [0.2, 0.25) is 0 Å². The molecule has 0 aromatic carbocycles. The number of aromatic nitrogens is 1. The maximum Gasteiger partial charge on any atom is 0.288 e. The van der Waals surface area contributed by atoms with Crippen LogP contribution in [-0.4, -0.2) is 22.3 Å². The van der Waals surface area contributed by atoms with Crippen LogP contribution in [0.15, 0.2) is 24.4 Å². The summed E-state index contributed by atoms with van der Waals surface area (Å²) >= 11 is 0. The predicted octanol–water partition coefficient (Wildman–Crippen LogP) is -0.965. The molecular formula is C8H11MnN3O3. The molecule has 0 saturated carbocycles. The molecule has 0 unspecified atom stereocenters. The monoisotopic (exact) mass is 252 g/mol. The van der Waals surface area contributed by atoms with Crippen molar-refractivity contribution in [1.82, 2.24) is 15.8 Å². The number of carbonyl (C=O) groups is 2. The molecule has 1 aromatic heterocycles. The molecule has 0 aliphatic heterocycles. The van der Waals surface area contributed by atoms with Gasteiger partial charge >= 0.3 is 0 Å². The second-order valence-electron chi connectivity index (χ2n) is 2.35. The zero-order valence-corrected chi connectivity index (χ0v) is 9.13. The minimum absolute atomic E-state index is 0. The van der Waals surface area contributed by atoms with E-state index < -0.39 is 5.91 Å². The van der Waals surface area contributed by atoms with Gasteiger partial charge in [-0.1, -0.05) is 6.07 Å². The van der Waals surface area contributed by atoms with Crippen LogP contribution in [-0.2, 0) is 21.9 Å². The van der Waals surface area contributed by atoms with Gasteiger partial charge in [-0.25, -0.2) is 0 Å². The molecule has 4 N–H and O–H groups in total. The molecule has 7 heteroatoms. The van der Waals surface area contributed by atoms with Crippen LogP contribution in [0.1, 0.15) is 17.4 Å². The van der Waals surface area contributed by atoms with Crippen molar-refractivity contribution in [3.05, 3.63) is 30.1 Å². The van der Waals surface area contributed by atoms with Crippen LogP contribution in [0.3, 0.4) is 0 Å². The zero-order chi connectivity index (χ0) is 9.68. The molecule has 2 amide bonds. The van der Waals surface area contributed by atoms with Crippen LogP contribution in [0.25, 0.3) is 0 Å². The van der Waals surface area contributed by atoms with Crippen molar-refractivity contribution < 1.29 is 32.1 Å². The van der Waals surface area contributed by atoms with E-state index in [1.54, 1.807) is 18.2 Å². The van der Waals surface area contributed by atoms with Gasteiger partial charge in [-0.15, -0.1) is 0 Å². The summed E-state index contributed by atoms with van der Waals surface area (Å²) in [5.41, 5.74) is 4.62. The Balaban J connectivity index is 0. The maximum absolute atomic E-state index is 11.2. The standard InChI is InChI=1S/C8H9N3O2.Mn.H2O/c1-6(12)10-11-8(13)7-4-2-3-5-9-7;;/h2-5H,1H3,(H,10,12)(H,11,13);;1H2. The molecule has 0 fully saturated rings. The van der Waals surface area contributed by atoms with Gasteiger partial charge in [0.1, 0.15) is 5.69 Å². The number of amides is 2. The van der Waals surface area contributed by atoms with Crippen molar-refractivity contribution in [2.75, 3.05) is 0 Å². The topological polar surface area (TPSA) is 103 Å². The fourth-order valence-corrected chi connectivity index (χ4v) is 0.706. The number of pyridine rings is 1. The van der Waals surface area contributed by atoms with Gasteiger partial charge in [-0.3, -0.25) is 25.4 Å². The third-order valence-electron chi connectivity index (χ3n) is 1.25. The maximum atomic E-state index is 11.2. The Morgan fingerprint density at radius 1 is 1.27 bits per heavy atom. The SMILES string of the molecule is CC(=O)NNC(=O)c1ccccn1.O.[Mn]. The van der Waals surface area contributed by atoms with Gasteiger partial charge in [0.15, 0.2) is 0 Å². The minimum Gasteiger partial charge on any atom is -0.412 e. The van der Waals surface area contributed by atoms with E-state index in [4.69, 9.17) is 0 Å². The van der Waals surface area contributed by atoms with Gasteiger partial charge < -0.3 is 5.48 Å². The van der Waals surface area contributed by atoms with Crippen molar-refractivity contribution in [1.29, 1.82) is 0 Å². The molecule has 1 radical (unpaired) electrons. The van der Waals surface area contributed by atoms with Crippen molar-refractivity contribution in [3.8, 4) is 0 Å². The first-order valence-electron chi connectivity index (χ1n) is 3.68. The van der Waals surface area contributed by atoms with Crippen LogP contribution in [0, 0.1) is 0 Å². The van der Waals surface area contributed by atoms with E-state index >= 15 is 0 Å². The molecule has 6 nitrogen and oxygen atoms in total. The summed E-state index contributed by atoms with van der Waals surface area (Å²) in [6.07, 6.45) is 1.50. The molecule has 15 heavy (non-hydrogen) atoms. The van der Waals surface area contributed by atoms with Gasteiger partial charge in [-0.2, -0.15) is 0 Å². The van der Waals surface area contributed by atoms with Gasteiger partial charge in [0, 0.05) is 30.2 Å². The molecule has 0 atom stereocenters. The molecule has 0 aliphatic carbocycles. The summed E-state index contributed by atoms with van der Waals surface area (Å²) in [5, 5.41) is 0. The van der Waals surface area contributed by atoms with E-state index in [0.717, 1.165) is 0 Å². The van der Waals surface area contributed by atoms with E-state index in [1.165, 1.54) is 13.1 Å². The van der Waals surface area contributed by atoms with E-state index in [1.807, 2.05) is 0 Å². The van der Waals surface area contributed by atoms with Crippen molar-refractivity contribution in [3.63, 3.8) is 0 Å². The summed E-state index contributed by atoms with van der Waals surface area (Å²) in [6, 6.07) is 4.95. The number of nitrogens with one attached hydrogen (secondary N) is 2. The van der Waals surface area contributed by atoms with Gasteiger partial charge in [0.2, 0.25) is 5.91 Å². The number of hydrogen-bond acceptors (Lipinski definition) is 3. The normalized spacial score (nSPS) is 7.80. The molecule has 0 aliphatic rings. The minimum atomic E-state index is -0.434. The van der Waals surface area contributed by atoms with Crippen molar-refractivity contribution >= 4 is 11.8 Å². The smallest absolute Gasteiger partial charge is 0.288 e. The second kappa shape index (κ2) is 7.93. The molecule has 1 heterocycles. The third-order valence-corrected chi connectivity index (χ3v) is 1.25. The summed E-state index contributed by atoms with van der Waals surface area (Å²) in [4.78, 5) is 25.4. The van der Waals surface area contributed by atoms with Crippen LogP contribution in [0.5, 0.6) is 0 Å². The Morgan fingerprint density at radius 2 is 1.93 bits per heavy atom. The number of rotatable bonds is 1. The second-order valence-corrected chi connectivity index (χ2v) is 2.35. The average Bonchev–Trinajstić information content (AvgIpc) is 2.15. The Kier molecular flexibility index (Phi) is 8.46. The van der Waals surface area contributed by atoms with E-state index in [-0.39, 0.29) is 34.1 Å². The molecule has 0 spiro atoms. The molecule has 83 valence electrons.